The van der Waals surface area contributed by atoms with E-state index in [0.717, 1.165) is 10.7 Å². The Morgan fingerprint density at radius 3 is 2.52 bits per heavy atom. The summed E-state index contributed by atoms with van der Waals surface area (Å²) in [7, 11) is 1.38. The van der Waals surface area contributed by atoms with E-state index in [9.17, 15) is 14.0 Å². The summed E-state index contributed by atoms with van der Waals surface area (Å²) in [4.78, 5) is 26.6. The average molecular weight is 559 g/mol. The van der Waals surface area contributed by atoms with E-state index in [1.54, 1.807) is 29.2 Å². The molecule has 5 N–H and O–H groups in total. The average Bonchev–Trinajstić information content (AvgIpc) is 3.22. The number of rotatable bonds is 8. The van der Waals surface area contributed by atoms with Gasteiger partial charge >= 0.3 is 0 Å². The lowest BCUT2D eigenvalue weighted by Gasteiger charge is -2.44. The van der Waals surface area contributed by atoms with E-state index in [0.29, 0.717) is 30.9 Å². The number of halogens is 3. The van der Waals surface area contributed by atoms with Crippen molar-refractivity contribution in [1.82, 2.24) is 20.0 Å². The third-order valence-electron chi connectivity index (χ3n) is 7.30. The number of hydrogen-bond donors (Lipinski definition) is 3. The molecule has 1 unspecified atom stereocenters. The minimum absolute atomic E-state index is 0.0299. The van der Waals surface area contributed by atoms with Gasteiger partial charge in [0.15, 0.2) is 0 Å². The number of nitrogen functional groups attached to an aromatic ring is 1. The number of anilines is 1. The molecule has 10 nitrogen and oxygen atoms in total. The number of nitrogens with two attached hydrogens (primary N) is 2. The smallest absolute Gasteiger partial charge is 0.282 e. The third kappa shape index (κ3) is 5.21. The van der Waals surface area contributed by atoms with Crippen molar-refractivity contribution < 1.29 is 32.2 Å². The zero-order chi connectivity index (χ0) is 28.6. The molecule has 2 saturated heterocycles. The molecule has 2 aromatic carbocycles. The van der Waals surface area contributed by atoms with Gasteiger partial charge in [-0.05, 0) is 30.2 Å². The number of nitrogens with one attached hydrogen (secondary N) is 1. The lowest BCUT2D eigenvalue weighted by molar-refractivity contribution is -0.149. The highest BCUT2D eigenvalue weighted by atomic mass is 19.3. The first-order chi connectivity index (χ1) is 19.1. The number of amides is 2. The van der Waals surface area contributed by atoms with Crippen LogP contribution in [0.4, 0.5) is 19.0 Å². The first kappa shape index (κ1) is 27.5. The molecule has 13 heteroatoms. The molecule has 3 heterocycles. The van der Waals surface area contributed by atoms with Gasteiger partial charge in [0.1, 0.15) is 34.7 Å². The van der Waals surface area contributed by atoms with Crippen molar-refractivity contribution in [3.05, 3.63) is 65.0 Å². The number of likely N-dealkylation sites (tertiary alicyclic amines) is 1. The number of hydrogen-bond acceptors (Lipinski definition) is 7. The van der Waals surface area contributed by atoms with Gasteiger partial charge in [0.2, 0.25) is 0 Å². The van der Waals surface area contributed by atoms with E-state index in [2.05, 4.69) is 10.4 Å². The van der Waals surface area contributed by atoms with E-state index < -0.39 is 36.1 Å². The summed E-state index contributed by atoms with van der Waals surface area (Å²) in [5.74, 6) is -5.11. The molecule has 1 atom stereocenters. The molecular formula is C27H29F3N6O4. The molecule has 2 amide bonds. The fraction of sp³-hybridized carbons (Fsp3) is 0.370. The summed E-state index contributed by atoms with van der Waals surface area (Å²) >= 11 is 0. The maximum atomic E-state index is 15.3. The fourth-order valence-electron chi connectivity index (χ4n) is 5.05. The van der Waals surface area contributed by atoms with Crippen LogP contribution in [0.15, 0.2) is 42.5 Å². The zero-order valence-electron chi connectivity index (χ0n) is 21.7. The van der Waals surface area contributed by atoms with Gasteiger partial charge in [-0.15, -0.1) is 0 Å². The topological polar surface area (TPSA) is 138 Å². The van der Waals surface area contributed by atoms with Crippen LogP contribution in [0.1, 0.15) is 38.7 Å². The Morgan fingerprint density at radius 2 is 1.93 bits per heavy atom. The van der Waals surface area contributed by atoms with Crippen LogP contribution in [-0.4, -0.2) is 71.9 Å². The fourth-order valence-corrected chi connectivity index (χ4v) is 5.05. The van der Waals surface area contributed by atoms with Gasteiger partial charge in [-0.25, -0.2) is 17.9 Å². The van der Waals surface area contributed by atoms with Crippen LogP contribution in [0.5, 0.6) is 5.75 Å². The molecule has 0 radical (unpaired) electrons. The lowest BCUT2D eigenvalue weighted by atomic mass is 9.98. The predicted octanol–water partition coefficient (Wildman–Crippen LogP) is 2.59. The highest BCUT2D eigenvalue weighted by molar-refractivity contribution is 6.03. The Kier molecular flexibility index (Phi) is 7.43. The van der Waals surface area contributed by atoms with E-state index in [1.165, 1.54) is 19.2 Å². The molecule has 0 saturated carbocycles. The molecule has 0 aliphatic carbocycles. The second-order valence-electron chi connectivity index (χ2n) is 9.87. The Hall–Kier alpha value is -4.10. The van der Waals surface area contributed by atoms with Crippen LogP contribution in [0.3, 0.4) is 0 Å². The summed E-state index contributed by atoms with van der Waals surface area (Å²) in [6, 6.07) is 8.86. The maximum Gasteiger partial charge on any atom is 0.282 e. The molecule has 212 valence electrons. The van der Waals surface area contributed by atoms with Crippen molar-refractivity contribution in [3.8, 4) is 17.0 Å². The van der Waals surface area contributed by atoms with Crippen molar-refractivity contribution >= 4 is 17.6 Å². The summed E-state index contributed by atoms with van der Waals surface area (Å²) in [5, 5.41) is 7.04. The summed E-state index contributed by atoms with van der Waals surface area (Å²) in [5.41, 5.74) is 12.9. The Labute approximate surface area is 228 Å². The second kappa shape index (κ2) is 10.8. The molecule has 5 rings (SSSR count). The molecule has 2 fully saturated rings. The van der Waals surface area contributed by atoms with Gasteiger partial charge in [-0.3, -0.25) is 14.5 Å². The number of methoxy groups -OCH3 is 1. The molecule has 2 aliphatic rings. The molecule has 3 aromatic rings. The first-order valence-electron chi connectivity index (χ1n) is 12.7. The van der Waals surface area contributed by atoms with Gasteiger partial charge in [-0.2, -0.15) is 5.10 Å². The quantitative estimate of drug-likeness (QED) is 0.387. The largest absolute Gasteiger partial charge is 0.496 e. The van der Waals surface area contributed by atoms with Crippen molar-refractivity contribution in [2.75, 3.05) is 39.1 Å². The summed E-state index contributed by atoms with van der Waals surface area (Å²) in [6.07, 6.45) is 0.0851. The predicted molar refractivity (Wildman–Crippen MR) is 139 cm³/mol. The SMILES string of the molecule is COc1ccc(F)cc1C(=O)NCc1ccc(-c2nn(C3CCN(C4COC4)CC3(F)F)c(N)c2C(N)=O)cc1. The van der Waals surface area contributed by atoms with Crippen molar-refractivity contribution in [1.29, 1.82) is 0 Å². The van der Waals surface area contributed by atoms with Crippen molar-refractivity contribution in [2.45, 2.75) is 31.0 Å². The number of nitrogens with zero attached hydrogens (tertiary/aromatic N) is 3. The van der Waals surface area contributed by atoms with Crippen molar-refractivity contribution in [3.63, 3.8) is 0 Å². The van der Waals surface area contributed by atoms with E-state index >= 15 is 8.78 Å². The Bertz CT molecular complexity index is 1420. The van der Waals surface area contributed by atoms with Gasteiger partial charge in [0.25, 0.3) is 17.7 Å². The van der Waals surface area contributed by atoms with Crippen molar-refractivity contribution in [2.24, 2.45) is 5.73 Å². The van der Waals surface area contributed by atoms with Crippen LogP contribution in [0.25, 0.3) is 11.3 Å². The number of ether oxygens (including phenoxy) is 2. The third-order valence-corrected chi connectivity index (χ3v) is 7.30. The van der Waals surface area contributed by atoms with Gasteiger partial charge < -0.3 is 26.3 Å². The van der Waals surface area contributed by atoms with E-state index in [4.69, 9.17) is 20.9 Å². The highest BCUT2D eigenvalue weighted by Gasteiger charge is 2.49. The van der Waals surface area contributed by atoms with Crippen LogP contribution in [0.2, 0.25) is 0 Å². The summed E-state index contributed by atoms with van der Waals surface area (Å²) < 4.78 is 55.4. The van der Waals surface area contributed by atoms with Crippen LogP contribution in [-0.2, 0) is 11.3 Å². The highest BCUT2D eigenvalue weighted by Crippen LogP contribution is 2.41. The number of benzene rings is 2. The number of alkyl halides is 2. The van der Waals surface area contributed by atoms with Gasteiger partial charge in [0.05, 0.1) is 38.5 Å². The van der Waals surface area contributed by atoms with Crippen LogP contribution < -0.4 is 21.5 Å². The Morgan fingerprint density at radius 1 is 1.20 bits per heavy atom. The van der Waals surface area contributed by atoms with Crippen LogP contribution in [0, 0.1) is 5.82 Å². The molecule has 1 aromatic heterocycles. The Balaban J connectivity index is 1.34. The van der Waals surface area contributed by atoms with E-state index in [-0.39, 0.29) is 47.4 Å². The second-order valence-corrected chi connectivity index (χ2v) is 9.87. The van der Waals surface area contributed by atoms with Gasteiger partial charge in [-0.1, -0.05) is 24.3 Å². The number of carbonyl (C=O) groups excluding carboxylic acids is 2. The maximum absolute atomic E-state index is 15.3. The number of carbonyl (C=O) groups is 2. The minimum atomic E-state index is -3.15. The number of aromatic nitrogens is 2. The monoisotopic (exact) mass is 558 g/mol. The molecule has 0 bridgehead atoms. The van der Waals surface area contributed by atoms with E-state index in [1.807, 2.05) is 0 Å². The lowest BCUT2D eigenvalue weighted by Crippen LogP contribution is -2.58. The number of piperidine rings is 1. The molecule has 2 aliphatic heterocycles. The molecule has 0 spiro atoms. The first-order valence-corrected chi connectivity index (χ1v) is 12.7. The number of primary amides is 1. The summed E-state index contributed by atoms with van der Waals surface area (Å²) in [6.45, 7) is 0.915. The molecule has 40 heavy (non-hydrogen) atoms. The normalized spacial score (nSPS) is 19.1. The van der Waals surface area contributed by atoms with Gasteiger partial charge in [0, 0.05) is 18.7 Å². The minimum Gasteiger partial charge on any atom is -0.496 e. The van der Waals surface area contributed by atoms with Crippen LogP contribution >= 0.6 is 0 Å². The zero-order valence-corrected chi connectivity index (χ0v) is 21.7. The standard InChI is InChI=1S/C27H29F3N6O4/c1-39-20-7-6-17(28)10-19(20)26(38)33-11-15-2-4-16(5-3-15)23-22(25(32)37)24(31)36(34-23)21-8-9-35(14-27(21,29)30)18-12-40-13-18/h2-7,10,18,21H,8-9,11-14,31H2,1H3,(H2,32,37)(H,33,38). The molecular weight excluding hydrogens is 529 g/mol.